The molecule has 0 N–H and O–H groups in total. The van der Waals surface area contributed by atoms with Gasteiger partial charge in [0.25, 0.3) is 0 Å². The summed E-state index contributed by atoms with van der Waals surface area (Å²) < 4.78 is 0. The van der Waals surface area contributed by atoms with Crippen LogP contribution in [0.2, 0.25) is 0 Å². The molecular weight excluding hydrogens is 753 g/mol. The molecule has 0 aliphatic heterocycles. The van der Waals surface area contributed by atoms with Gasteiger partial charge in [0, 0.05) is 49.9 Å². The minimum Gasteiger partial charge on any atom is -0.371 e. The van der Waals surface area contributed by atoms with Crippen molar-refractivity contribution >= 4 is 35.7 Å². The maximum absolute atomic E-state index is 4.73. The van der Waals surface area contributed by atoms with Gasteiger partial charge in [-0.15, -0.1) is 0 Å². The second kappa shape index (κ2) is 29.2. The molecular formula is C58H86N4. The molecule has 0 aliphatic carbocycles. The summed E-state index contributed by atoms with van der Waals surface area (Å²) in [6.45, 7) is 23.4. The topological polar surface area (TPSA) is 32.3 Å². The van der Waals surface area contributed by atoms with Gasteiger partial charge in [-0.25, -0.2) is 0 Å². The number of hydrogen-bond donors (Lipinski definition) is 0. The van der Waals surface area contributed by atoms with Crippen molar-refractivity contribution in [2.24, 2.45) is 23.7 Å². The van der Waals surface area contributed by atoms with Gasteiger partial charge in [0.15, 0.2) is 0 Å². The van der Waals surface area contributed by atoms with E-state index in [-0.39, 0.29) is 0 Å². The summed E-state index contributed by atoms with van der Waals surface area (Å²) in [5, 5.41) is 0. The van der Waals surface area contributed by atoms with Gasteiger partial charge in [-0.1, -0.05) is 181 Å². The Morgan fingerprint density at radius 2 is 0.677 bits per heavy atom. The lowest BCUT2D eigenvalue weighted by molar-refractivity contribution is 0.403. The van der Waals surface area contributed by atoms with E-state index in [9.17, 15) is 0 Å². The van der Waals surface area contributed by atoms with Crippen LogP contribution < -0.4 is 9.80 Å². The predicted molar refractivity (Wildman–Crippen MR) is 276 cm³/mol. The molecule has 0 aliphatic rings. The third-order valence-corrected chi connectivity index (χ3v) is 13.4. The average molecular weight is 839 g/mol. The van der Waals surface area contributed by atoms with Gasteiger partial charge in [0.2, 0.25) is 0 Å². The minimum absolute atomic E-state index is 0.747. The van der Waals surface area contributed by atoms with Crippen molar-refractivity contribution < 1.29 is 0 Å². The quantitative estimate of drug-likeness (QED) is 0.0505. The number of pyridine rings is 2. The molecule has 0 radical (unpaired) electrons. The molecule has 62 heavy (non-hydrogen) atoms. The van der Waals surface area contributed by atoms with E-state index in [0.29, 0.717) is 0 Å². The highest BCUT2D eigenvalue weighted by Gasteiger charge is 2.19. The van der Waals surface area contributed by atoms with Gasteiger partial charge in [0.05, 0.1) is 11.4 Å². The van der Waals surface area contributed by atoms with Crippen LogP contribution >= 0.6 is 0 Å². The summed E-state index contributed by atoms with van der Waals surface area (Å²) in [4.78, 5) is 14.9. The molecule has 2 aromatic carbocycles. The molecule has 2 heterocycles. The first kappa shape index (κ1) is 50.5. The van der Waals surface area contributed by atoms with Crippen molar-refractivity contribution in [1.29, 1.82) is 0 Å². The van der Waals surface area contributed by atoms with Crippen molar-refractivity contribution in [2.75, 3.05) is 36.0 Å². The van der Waals surface area contributed by atoms with Crippen LogP contribution in [0.1, 0.15) is 180 Å². The summed E-state index contributed by atoms with van der Waals surface area (Å²) in [5.74, 6) is 2.99. The van der Waals surface area contributed by atoms with E-state index >= 15 is 0 Å². The van der Waals surface area contributed by atoms with Gasteiger partial charge < -0.3 is 9.80 Å². The Labute approximate surface area is 380 Å². The maximum Gasteiger partial charge on any atom is 0.0892 e. The molecule has 0 saturated carbocycles. The lowest BCUT2D eigenvalue weighted by Crippen LogP contribution is -2.34. The van der Waals surface area contributed by atoms with Crippen LogP contribution in [0.25, 0.3) is 35.7 Å². The maximum atomic E-state index is 4.73. The Bertz CT molecular complexity index is 1650. The molecule has 4 rings (SSSR count). The van der Waals surface area contributed by atoms with Crippen molar-refractivity contribution in [3.63, 3.8) is 0 Å². The normalized spacial score (nSPS) is 13.7. The van der Waals surface area contributed by atoms with E-state index in [1.54, 1.807) is 0 Å². The fourth-order valence-electron chi connectivity index (χ4n) is 8.85. The molecule has 4 nitrogen and oxygen atoms in total. The van der Waals surface area contributed by atoms with Gasteiger partial charge in [-0.2, -0.15) is 0 Å². The van der Waals surface area contributed by atoms with Crippen LogP contribution in [0, 0.1) is 23.7 Å². The minimum atomic E-state index is 0.747. The van der Waals surface area contributed by atoms with Crippen LogP contribution in [-0.2, 0) is 0 Å². The molecule has 0 spiro atoms. The number of anilines is 2. The Morgan fingerprint density at radius 1 is 0.387 bits per heavy atom. The Morgan fingerprint density at radius 3 is 0.952 bits per heavy atom. The van der Waals surface area contributed by atoms with Crippen LogP contribution in [0.3, 0.4) is 0 Å². The molecule has 2 aromatic heterocycles. The number of hydrogen-bond acceptors (Lipinski definition) is 4. The van der Waals surface area contributed by atoms with Crippen LogP contribution in [0.4, 0.5) is 11.4 Å². The molecule has 0 fully saturated rings. The van der Waals surface area contributed by atoms with Crippen LogP contribution in [-0.4, -0.2) is 36.1 Å². The summed E-state index contributed by atoms with van der Waals surface area (Å²) in [7, 11) is 0. The SMILES string of the molecule is CCCCC(CC)CN(CC(CC)CCCC)c1ccc(C=Cc2ccnc(-c3cc(/C=C/c4ccc(N(CC(CC)CCCC)CC(CC)CCCC)cc4)ccn3)c2)cc1. The summed E-state index contributed by atoms with van der Waals surface area (Å²) in [6.07, 6.45) is 33.3. The first-order valence-electron chi connectivity index (χ1n) is 25.3. The van der Waals surface area contributed by atoms with Gasteiger partial charge in [0.1, 0.15) is 0 Å². The highest BCUT2D eigenvalue weighted by molar-refractivity contribution is 5.75. The zero-order valence-corrected chi connectivity index (χ0v) is 40.6. The zero-order valence-electron chi connectivity index (χ0n) is 40.6. The average Bonchev–Trinajstić information content (AvgIpc) is 3.32. The summed E-state index contributed by atoms with van der Waals surface area (Å²) >= 11 is 0. The van der Waals surface area contributed by atoms with Crippen LogP contribution in [0.15, 0.2) is 85.2 Å². The zero-order chi connectivity index (χ0) is 44.4. The van der Waals surface area contributed by atoms with Crippen molar-refractivity contribution in [1.82, 2.24) is 9.97 Å². The lowest BCUT2D eigenvalue weighted by Gasteiger charge is -2.32. The predicted octanol–water partition coefficient (Wildman–Crippen LogP) is 17.0. The first-order valence-corrected chi connectivity index (χ1v) is 25.3. The molecule has 0 amide bonds. The van der Waals surface area contributed by atoms with E-state index in [0.717, 1.165) is 72.4 Å². The molecule has 4 atom stereocenters. The van der Waals surface area contributed by atoms with Gasteiger partial charge in [-0.05, 0) is 120 Å². The third-order valence-electron chi connectivity index (χ3n) is 13.4. The highest BCUT2D eigenvalue weighted by Crippen LogP contribution is 2.28. The van der Waals surface area contributed by atoms with Gasteiger partial charge in [-0.3, -0.25) is 9.97 Å². The first-order chi connectivity index (χ1) is 30.4. The lowest BCUT2D eigenvalue weighted by atomic mass is 9.95. The summed E-state index contributed by atoms with van der Waals surface area (Å²) in [5.41, 5.74) is 9.14. The largest absolute Gasteiger partial charge is 0.371 e. The molecule has 338 valence electrons. The van der Waals surface area contributed by atoms with Crippen molar-refractivity contribution in [2.45, 2.75) is 158 Å². The standard InChI is InChI=1S/C58H86N4/c1-9-17-21-47(13-5)43-61(44-48(14-6)22-18-10-2)55-33-29-51(30-34-55)25-27-53-37-39-59-57(41-53)58-42-54(38-40-60-58)28-26-52-31-35-56(36-32-52)62(45-49(15-7)23-19-11-3)46-50(16-8)24-20-12-4/h25-42,47-50H,9-24,43-46H2,1-8H3/b27-25+,28-26?. The number of aromatic nitrogens is 2. The van der Waals surface area contributed by atoms with Crippen molar-refractivity contribution in [3.05, 3.63) is 107 Å². The van der Waals surface area contributed by atoms with Crippen molar-refractivity contribution in [3.8, 4) is 11.4 Å². The Kier molecular flexibility index (Phi) is 23.8. The summed E-state index contributed by atoms with van der Waals surface area (Å²) in [6, 6.07) is 27.0. The van der Waals surface area contributed by atoms with E-state index in [4.69, 9.17) is 9.97 Å². The monoisotopic (exact) mass is 839 g/mol. The molecule has 4 unspecified atom stereocenters. The fourth-order valence-corrected chi connectivity index (χ4v) is 8.85. The fraction of sp³-hybridized carbons (Fsp3) is 0.552. The van der Waals surface area contributed by atoms with Gasteiger partial charge >= 0.3 is 0 Å². The Hall–Kier alpha value is -4.18. The second-order valence-electron chi connectivity index (χ2n) is 18.3. The van der Waals surface area contributed by atoms with E-state index in [2.05, 4.69) is 162 Å². The number of nitrogens with zero attached hydrogens (tertiary/aromatic N) is 4. The number of unbranched alkanes of at least 4 members (excludes halogenated alkanes) is 4. The Balaban J connectivity index is 1.45. The molecule has 0 saturated heterocycles. The third kappa shape index (κ3) is 17.5. The van der Waals surface area contributed by atoms with E-state index in [1.165, 1.54) is 125 Å². The van der Waals surface area contributed by atoms with E-state index in [1.807, 2.05) is 12.4 Å². The number of rotatable bonds is 31. The van der Waals surface area contributed by atoms with E-state index < -0.39 is 0 Å². The highest BCUT2D eigenvalue weighted by atomic mass is 15.1. The van der Waals surface area contributed by atoms with Crippen LogP contribution in [0.5, 0.6) is 0 Å². The molecule has 4 heteroatoms. The second-order valence-corrected chi connectivity index (χ2v) is 18.3. The smallest absolute Gasteiger partial charge is 0.0892 e. The number of benzene rings is 2. The molecule has 0 bridgehead atoms. The molecule has 4 aromatic rings.